The third-order valence-electron chi connectivity index (χ3n) is 4.19. The number of halogens is 1. The summed E-state index contributed by atoms with van der Waals surface area (Å²) in [5, 5.41) is 18.8. The summed E-state index contributed by atoms with van der Waals surface area (Å²) in [5.41, 5.74) is 1.02. The Balaban J connectivity index is 2.75. The van der Waals surface area contributed by atoms with Crippen molar-refractivity contribution in [1.82, 2.24) is 19.6 Å². The van der Waals surface area contributed by atoms with Gasteiger partial charge in [-0.15, -0.1) is 0 Å². The number of nitrogens with zero attached hydrogens (tertiary/aromatic N) is 5. The molecule has 2 aromatic rings. The highest BCUT2D eigenvalue weighted by Crippen LogP contribution is 2.34. The lowest BCUT2D eigenvalue weighted by atomic mass is 9.90. The summed E-state index contributed by atoms with van der Waals surface area (Å²) in [6.45, 7) is 13.1. The Morgan fingerprint density at radius 1 is 1.25 bits per heavy atom. The molecule has 0 bridgehead atoms. The highest BCUT2D eigenvalue weighted by molar-refractivity contribution is 6.31. The van der Waals surface area contributed by atoms with E-state index in [2.05, 4.69) is 16.3 Å². The van der Waals surface area contributed by atoms with Crippen LogP contribution in [0.15, 0.2) is 12.4 Å². The van der Waals surface area contributed by atoms with Crippen LogP contribution in [0.1, 0.15) is 58.4 Å². The van der Waals surface area contributed by atoms with Gasteiger partial charge in [0.05, 0.1) is 22.9 Å². The number of hydrogen-bond donors (Lipinski definition) is 0. The predicted octanol–water partition coefficient (Wildman–Crippen LogP) is 4.31. The Hall–Kier alpha value is -2.59. The largest absolute Gasteiger partial charge is 0.422 e. The number of rotatable bonds is 3. The first-order valence-corrected chi connectivity index (χ1v) is 9.26. The molecule has 2 heterocycles. The van der Waals surface area contributed by atoms with Crippen molar-refractivity contribution in [2.24, 2.45) is 12.5 Å². The van der Waals surface area contributed by atoms with Gasteiger partial charge in [0.15, 0.2) is 11.5 Å². The first kappa shape index (κ1) is 21.7. The van der Waals surface area contributed by atoms with Crippen LogP contribution >= 0.6 is 11.6 Å². The molecule has 7 nitrogen and oxygen atoms in total. The van der Waals surface area contributed by atoms with Gasteiger partial charge in [-0.25, -0.2) is 4.68 Å². The molecule has 0 N–H and O–H groups in total. The maximum Gasteiger partial charge on any atom is 0.316 e. The SMILES string of the molecule is Cc1nn(C)c(Cl)c1C(OC(=O)C(C)(C)C)=C(C#N)n1cc(C(C)(C)C)cn1. The minimum Gasteiger partial charge on any atom is -0.422 e. The average Bonchev–Trinajstić information content (AvgIpc) is 3.12. The minimum absolute atomic E-state index is 0.0431. The summed E-state index contributed by atoms with van der Waals surface area (Å²) >= 11 is 6.41. The molecule has 0 unspecified atom stereocenters. The lowest BCUT2D eigenvalue weighted by Gasteiger charge is -2.19. The average molecular weight is 404 g/mol. The van der Waals surface area contributed by atoms with Crippen LogP contribution in [0.3, 0.4) is 0 Å². The van der Waals surface area contributed by atoms with Crippen LogP contribution in [0.25, 0.3) is 11.5 Å². The molecule has 0 radical (unpaired) electrons. The molecule has 28 heavy (non-hydrogen) atoms. The second-order valence-electron chi connectivity index (χ2n) is 8.73. The molecule has 0 saturated carbocycles. The number of nitriles is 1. The number of aryl methyl sites for hydroxylation is 2. The van der Waals surface area contributed by atoms with Crippen molar-refractivity contribution in [2.75, 3.05) is 0 Å². The smallest absolute Gasteiger partial charge is 0.316 e. The number of ether oxygens (including phenoxy) is 1. The summed E-state index contributed by atoms with van der Waals surface area (Å²) < 4.78 is 8.58. The zero-order chi connectivity index (χ0) is 21.4. The van der Waals surface area contributed by atoms with E-state index in [0.29, 0.717) is 11.3 Å². The first-order valence-electron chi connectivity index (χ1n) is 8.89. The van der Waals surface area contributed by atoms with Gasteiger partial charge in [0.25, 0.3) is 0 Å². The molecule has 0 spiro atoms. The standard InChI is InChI=1S/C20H26ClN5O2/c1-12-15(17(21)25(8)24-12)16(28-18(27)20(5,6)7)14(9-22)26-11-13(10-23-26)19(2,3)4/h10-11H,1-8H3. The zero-order valence-corrected chi connectivity index (χ0v) is 18.3. The summed E-state index contributed by atoms with van der Waals surface area (Å²) in [4.78, 5) is 12.6. The van der Waals surface area contributed by atoms with Gasteiger partial charge in [-0.1, -0.05) is 32.4 Å². The summed E-state index contributed by atoms with van der Waals surface area (Å²) in [6.07, 6.45) is 3.45. The second-order valence-corrected chi connectivity index (χ2v) is 9.09. The van der Waals surface area contributed by atoms with Gasteiger partial charge < -0.3 is 4.74 Å². The molecule has 0 aliphatic rings. The van der Waals surface area contributed by atoms with E-state index in [4.69, 9.17) is 16.3 Å². The number of carbonyl (C=O) groups is 1. The normalized spacial score (nSPS) is 13.1. The zero-order valence-electron chi connectivity index (χ0n) is 17.6. The maximum atomic E-state index is 12.6. The van der Waals surface area contributed by atoms with Crippen molar-refractivity contribution < 1.29 is 9.53 Å². The summed E-state index contributed by atoms with van der Waals surface area (Å²) in [6, 6.07) is 2.11. The molecule has 0 aliphatic carbocycles. The Bertz CT molecular complexity index is 978. The van der Waals surface area contributed by atoms with Crippen molar-refractivity contribution in [3.05, 3.63) is 34.4 Å². The van der Waals surface area contributed by atoms with Crippen molar-refractivity contribution in [1.29, 1.82) is 5.26 Å². The van der Waals surface area contributed by atoms with Crippen molar-refractivity contribution in [3.8, 4) is 6.07 Å². The van der Waals surface area contributed by atoms with Crippen LogP contribution in [0.4, 0.5) is 0 Å². The van der Waals surface area contributed by atoms with Crippen LogP contribution in [-0.4, -0.2) is 25.5 Å². The van der Waals surface area contributed by atoms with E-state index in [1.54, 1.807) is 47.1 Å². The van der Waals surface area contributed by atoms with Crippen molar-refractivity contribution in [2.45, 2.75) is 53.9 Å². The molecule has 0 saturated heterocycles. The minimum atomic E-state index is -0.769. The number of carbonyl (C=O) groups excluding carboxylic acids is 1. The van der Waals surface area contributed by atoms with E-state index in [1.807, 2.05) is 20.8 Å². The fraction of sp³-hybridized carbons (Fsp3) is 0.500. The molecule has 0 fully saturated rings. The lowest BCUT2D eigenvalue weighted by Crippen LogP contribution is -2.23. The van der Waals surface area contributed by atoms with E-state index < -0.39 is 11.4 Å². The Kier molecular flexibility index (Phi) is 5.77. The lowest BCUT2D eigenvalue weighted by molar-refractivity contribution is -0.145. The molecule has 0 amide bonds. The highest BCUT2D eigenvalue weighted by atomic mass is 35.5. The summed E-state index contributed by atoms with van der Waals surface area (Å²) in [5.74, 6) is -0.445. The topological polar surface area (TPSA) is 85.7 Å². The third-order valence-corrected chi connectivity index (χ3v) is 4.62. The third kappa shape index (κ3) is 4.28. The fourth-order valence-electron chi connectivity index (χ4n) is 2.39. The summed E-state index contributed by atoms with van der Waals surface area (Å²) in [7, 11) is 1.68. The molecular weight excluding hydrogens is 378 g/mol. The van der Waals surface area contributed by atoms with Gasteiger partial charge in [-0.3, -0.25) is 9.48 Å². The molecule has 0 aliphatic heterocycles. The molecule has 0 aromatic carbocycles. The van der Waals surface area contributed by atoms with E-state index >= 15 is 0 Å². The molecule has 2 aromatic heterocycles. The van der Waals surface area contributed by atoms with Gasteiger partial charge in [0, 0.05) is 13.2 Å². The number of allylic oxidation sites excluding steroid dienone is 1. The van der Waals surface area contributed by atoms with E-state index in [1.165, 1.54) is 9.36 Å². The van der Waals surface area contributed by atoms with E-state index in [-0.39, 0.29) is 22.0 Å². The molecular formula is C20H26ClN5O2. The Morgan fingerprint density at radius 2 is 1.86 bits per heavy atom. The van der Waals surface area contributed by atoms with Gasteiger partial charge in [-0.2, -0.15) is 15.5 Å². The van der Waals surface area contributed by atoms with Crippen LogP contribution in [0.5, 0.6) is 0 Å². The van der Waals surface area contributed by atoms with Gasteiger partial charge in [-0.05, 0) is 38.7 Å². The van der Waals surface area contributed by atoms with Gasteiger partial charge in [0.2, 0.25) is 0 Å². The molecule has 150 valence electrons. The number of esters is 1. The van der Waals surface area contributed by atoms with E-state index in [9.17, 15) is 10.1 Å². The monoisotopic (exact) mass is 403 g/mol. The van der Waals surface area contributed by atoms with Crippen LogP contribution in [0.2, 0.25) is 5.15 Å². The van der Waals surface area contributed by atoms with E-state index in [0.717, 1.165) is 5.56 Å². The van der Waals surface area contributed by atoms with Crippen molar-refractivity contribution >= 4 is 29.0 Å². The number of aromatic nitrogens is 4. The maximum absolute atomic E-state index is 12.6. The Morgan fingerprint density at radius 3 is 2.25 bits per heavy atom. The highest BCUT2D eigenvalue weighted by Gasteiger charge is 2.30. The molecule has 8 heteroatoms. The van der Waals surface area contributed by atoms with Crippen molar-refractivity contribution in [3.63, 3.8) is 0 Å². The fourth-order valence-corrected chi connectivity index (χ4v) is 2.65. The van der Waals surface area contributed by atoms with Crippen LogP contribution < -0.4 is 0 Å². The molecule has 0 atom stereocenters. The number of hydrogen-bond acceptors (Lipinski definition) is 5. The quantitative estimate of drug-likeness (QED) is 0.433. The van der Waals surface area contributed by atoms with Crippen LogP contribution in [-0.2, 0) is 22.0 Å². The predicted molar refractivity (Wildman–Crippen MR) is 108 cm³/mol. The van der Waals surface area contributed by atoms with Gasteiger partial charge in [0.1, 0.15) is 11.2 Å². The second kappa shape index (κ2) is 7.44. The molecule has 2 rings (SSSR count). The first-order chi connectivity index (χ1) is 12.8. The van der Waals surface area contributed by atoms with Crippen LogP contribution in [0, 0.1) is 23.7 Å². The van der Waals surface area contributed by atoms with Gasteiger partial charge >= 0.3 is 5.97 Å². The Labute approximate surface area is 170 Å².